The zero-order valence-electron chi connectivity index (χ0n) is 13.9. The summed E-state index contributed by atoms with van der Waals surface area (Å²) in [5, 5.41) is 4.89. The fourth-order valence-electron chi connectivity index (χ4n) is 3.45. The third-order valence-corrected chi connectivity index (χ3v) is 23.5. The number of thiophene rings is 2. The fourth-order valence-corrected chi connectivity index (χ4v) is 25.5. The molecule has 0 aliphatic carbocycles. The van der Waals surface area contributed by atoms with Crippen LogP contribution in [0.4, 0.5) is 0 Å². The molecule has 2 heterocycles. The van der Waals surface area contributed by atoms with Gasteiger partial charge in [0.2, 0.25) is 0 Å². The first-order valence-electron chi connectivity index (χ1n) is 8.72. The van der Waals surface area contributed by atoms with Gasteiger partial charge in [-0.2, -0.15) is 0 Å². The number of rotatable bonds is 10. The van der Waals surface area contributed by atoms with Crippen LogP contribution in [0.5, 0.6) is 0 Å². The van der Waals surface area contributed by atoms with Crippen molar-refractivity contribution in [3.05, 3.63) is 16.8 Å². The van der Waals surface area contributed by atoms with Crippen molar-refractivity contribution in [2.75, 3.05) is 0 Å². The van der Waals surface area contributed by atoms with E-state index in [0.29, 0.717) is 0 Å². The third kappa shape index (κ3) is 4.26. The van der Waals surface area contributed by atoms with Gasteiger partial charge in [-0.3, -0.25) is 0 Å². The van der Waals surface area contributed by atoms with Crippen molar-refractivity contribution >= 4 is 54.0 Å². The molecule has 21 heavy (non-hydrogen) atoms. The molecule has 0 spiro atoms. The van der Waals surface area contributed by atoms with Crippen LogP contribution in [-0.4, -0.2) is 18.4 Å². The molecular formula is C18H30S2Sn. The Hall–Kier alpha value is 0.459. The number of unbranched alkanes of at least 4 members (excludes halogenated alkanes) is 3. The summed E-state index contributed by atoms with van der Waals surface area (Å²) in [6.45, 7) is 7.10. The molecule has 2 rings (SSSR count). The van der Waals surface area contributed by atoms with E-state index in [0.717, 1.165) is 0 Å². The van der Waals surface area contributed by atoms with E-state index in [9.17, 15) is 0 Å². The second-order valence-corrected chi connectivity index (χ2v) is 21.3. The van der Waals surface area contributed by atoms with E-state index in [1.807, 2.05) is 26.3 Å². The van der Waals surface area contributed by atoms with Crippen LogP contribution in [0.25, 0.3) is 9.40 Å². The Labute approximate surface area is 142 Å². The Morgan fingerprint density at radius 2 is 1.43 bits per heavy atom. The second kappa shape index (κ2) is 8.93. The molecule has 0 saturated heterocycles. The van der Waals surface area contributed by atoms with Gasteiger partial charge in [0.05, 0.1) is 0 Å². The first kappa shape index (κ1) is 17.8. The van der Waals surface area contributed by atoms with Crippen LogP contribution in [-0.2, 0) is 0 Å². The predicted octanol–water partition coefficient (Wildman–Crippen LogP) is 7.02. The van der Waals surface area contributed by atoms with Crippen molar-refractivity contribution in [3.63, 3.8) is 0 Å². The molecule has 0 bridgehead atoms. The summed E-state index contributed by atoms with van der Waals surface area (Å²) in [5.74, 6) is 0. The summed E-state index contributed by atoms with van der Waals surface area (Å²) in [5.41, 5.74) is 0. The monoisotopic (exact) mass is 430 g/mol. The van der Waals surface area contributed by atoms with Crippen LogP contribution in [0.1, 0.15) is 59.3 Å². The van der Waals surface area contributed by atoms with E-state index in [-0.39, 0.29) is 0 Å². The topological polar surface area (TPSA) is 0 Å². The first-order valence-corrected chi connectivity index (χ1v) is 18.0. The molecule has 0 nitrogen and oxygen atoms in total. The molecular weight excluding hydrogens is 399 g/mol. The van der Waals surface area contributed by atoms with E-state index in [2.05, 4.69) is 37.6 Å². The summed E-state index contributed by atoms with van der Waals surface area (Å²) in [4.78, 5) is 0. The van der Waals surface area contributed by atoms with E-state index in [1.54, 1.807) is 22.7 Å². The molecule has 0 saturated carbocycles. The SMILES string of the molecule is CCC[CH2][Sn]([CH2]CCC)([CH2]CCC)[c]1csc2ccsc12. The van der Waals surface area contributed by atoms with Gasteiger partial charge in [-0.15, -0.1) is 0 Å². The molecule has 0 aliphatic heterocycles. The Bertz CT molecular complexity index is 504. The minimum atomic E-state index is -2.18. The van der Waals surface area contributed by atoms with Crippen LogP contribution in [0.15, 0.2) is 16.8 Å². The van der Waals surface area contributed by atoms with E-state index in [4.69, 9.17) is 0 Å². The Kier molecular flexibility index (Phi) is 7.57. The molecule has 0 aromatic carbocycles. The van der Waals surface area contributed by atoms with Crippen molar-refractivity contribution in [2.24, 2.45) is 0 Å². The van der Waals surface area contributed by atoms with Crippen molar-refractivity contribution < 1.29 is 0 Å². The Morgan fingerprint density at radius 3 is 1.95 bits per heavy atom. The van der Waals surface area contributed by atoms with Gasteiger partial charge < -0.3 is 0 Å². The molecule has 0 fully saturated rings. The van der Waals surface area contributed by atoms with Crippen LogP contribution in [0.2, 0.25) is 13.3 Å². The Morgan fingerprint density at radius 1 is 0.857 bits per heavy atom. The summed E-state index contributed by atoms with van der Waals surface area (Å²) in [6, 6.07) is 2.34. The van der Waals surface area contributed by atoms with E-state index in [1.165, 1.54) is 38.5 Å². The van der Waals surface area contributed by atoms with E-state index < -0.39 is 18.4 Å². The first-order chi connectivity index (χ1) is 10.3. The standard InChI is InChI=1S/C6H3S2.3C4H9.Sn/c1-3-7-6-2-4-8-5(1)6;3*1-3-4-2;/h1,3-4H;3*1,3-4H2,2H3;. The number of fused-ring (bicyclic) bond motifs is 1. The van der Waals surface area contributed by atoms with E-state index >= 15 is 0 Å². The molecule has 2 aromatic rings. The van der Waals surface area contributed by atoms with Crippen molar-refractivity contribution in [2.45, 2.75) is 72.6 Å². The van der Waals surface area contributed by atoms with Gasteiger partial charge in [-0.05, 0) is 0 Å². The van der Waals surface area contributed by atoms with Gasteiger partial charge in [0.25, 0.3) is 0 Å². The maximum absolute atomic E-state index is 2.58. The average molecular weight is 429 g/mol. The van der Waals surface area contributed by atoms with Gasteiger partial charge >= 0.3 is 143 Å². The molecule has 3 heteroatoms. The van der Waals surface area contributed by atoms with Crippen molar-refractivity contribution in [3.8, 4) is 0 Å². The summed E-state index contributed by atoms with van der Waals surface area (Å²) >= 11 is 1.84. The molecule has 0 unspecified atom stereocenters. The van der Waals surface area contributed by atoms with Crippen molar-refractivity contribution in [1.82, 2.24) is 0 Å². The van der Waals surface area contributed by atoms with Gasteiger partial charge in [-0.25, -0.2) is 0 Å². The molecule has 118 valence electrons. The number of hydrogen-bond donors (Lipinski definition) is 0. The zero-order chi connectivity index (χ0) is 15.1. The predicted molar refractivity (Wildman–Crippen MR) is 104 cm³/mol. The summed E-state index contributed by atoms with van der Waals surface area (Å²) in [6.07, 6.45) is 8.50. The molecule has 0 aliphatic rings. The third-order valence-electron chi connectivity index (χ3n) is 4.78. The van der Waals surface area contributed by atoms with Gasteiger partial charge in [0.15, 0.2) is 0 Å². The van der Waals surface area contributed by atoms with Gasteiger partial charge in [0, 0.05) is 0 Å². The quantitative estimate of drug-likeness (QED) is 0.356. The van der Waals surface area contributed by atoms with Crippen LogP contribution < -0.4 is 3.58 Å². The molecule has 0 radical (unpaired) electrons. The van der Waals surface area contributed by atoms with Crippen LogP contribution >= 0.6 is 22.7 Å². The zero-order valence-corrected chi connectivity index (χ0v) is 18.4. The Balaban J connectivity index is 2.37. The molecule has 2 aromatic heterocycles. The maximum atomic E-state index is 2.58. The van der Waals surface area contributed by atoms with Gasteiger partial charge in [-0.1, -0.05) is 0 Å². The number of hydrogen-bond acceptors (Lipinski definition) is 2. The molecule has 0 amide bonds. The van der Waals surface area contributed by atoms with Crippen LogP contribution in [0, 0.1) is 0 Å². The fraction of sp³-hybridized carbons (Fsp3) is 0.667. The van der Waals surface area contributed by atoms with Crippen LogP contribution in [0.3, 0.4) is 0 Å². The minimum absolute atomic E-state index is 1.37. The van der Waals surface area contributed by atoms with Crippen molar-refractivity contribution in [1.29, 1.82) is 0 Å². The molecule has 0 atom stereocenters. The molecule has 0 N–H and O–H groups in total. The average Bonchev–Trinajstić information content (AvgIpc) is 3.10. The second-order valence-electron chi connectivity index (χ2n) is 6.35. The normalized spacial score (nSPS) is 12.3. The van der Waals surface area contributed by atoms with Gasteiger partial charge in [0.1, 0.15) is 0 Å². The summed E-state index contributed by atoms with van der Waals surface area (Å²) in [7, 11) is 0. The summed E-state index contributed by atoms with van der Waals surface area (Å²) < 4.78 is 9.91.